The highest BCUT2D eigenvalue weighted by Gasteiger charge is 2.50. The Morgan fingerprint density at radius 3 is 0.991 bits per heavy atom. The molecule has 9 aromatic carbocycles. The van der Waals surface area contributed by atoms with Crippen LogP contribution in [-0.4, -0.2) is 4.57 Å². The van der Waals surface area contributed by atoms with Gasteiger partial charge in [0.15, 0.2) is 0 Å². The Bertz CT molecular complexity index is 4740. The van der Waals surface area contributed by atoms with Gasteiger partial charge >= 0.3 is 0 Å². The summed E-state index contributed by atoms with van der Waals surface area (Å²) in [5, 5.41) is 8.40. The van der Waals surface area contributed by atoms with E-state index in [1.54, 1.807) is 22.3 Å². The first-order chi connectivity index (χ1) is 54.3. The maximum Gasteiger partial charge on any atom is 0.0497 e. The predicted molar refractivity (Wildman–Crippen MR) is 501 cm³/mol. The third-order valence-corrected chi connectivity index (χ3v) is 31.0. The van der Waals surface area contributed by atoms with Crippen LogP contribution < -0.4 is 0 Å². The molecule has 1 aromatic heterocycles. The van der Waals surface area contributed by atoms with Gasteiger partial charge in [-0.15, -0.1) is 0 Å². The predicted octanol–water partition coefficient (Wildman–Crippen LogP) is 35.2. The summed E-state index contributed by atoms with van der Waals surface area (Å²) in [7, 11) is 0. The number of aryl methyl sites for hydroxylation is 1. The largest absolute Gasteiger partial charge is 0.340 e. The van der Waals surface area contributed by atoms with E-state index in [1.165, 1.54) is 316 Å². The fourth-order valence-electron chi connectivity index (χ4n) is 21.8. The minimum Gasteiger partial charge on any atom is -0.340 e. The van der Waals surface area contributed by atoms with Crippen molar-refractivity contribution >= 4 is 43.4 Å². The summed E-state index contributed by atoms with van der Waals surface area (Å²) in [5.41, 5.74) is 26.1. The van der Waals surface area contributed by atoms with Crippen LogP contribution in [0.3, 0.4) is 0 Å². The average molecular weight is 1510 g/mol. The van der Waals surface area contributed by atoms with E-state index in [2.05, 4.69) is 294 Å². The van der Waals surface area contributed by atoms with Crippen LogP contribution in [0.5, 0.6) is 0 Å². The van der Waals surface area contributed by atoms with Gasteiger partial charge in [0.2, 0.25) is 0 Å². The van der Waals surface area contributed by atoms with Gasteiger partial charge in [-0.3, -0.25) is 0 Å². The Kier molecular flexibility index (Phi) is 27.6. The van der Waals surface area contributed by atoms with Gasteiger partial charge in [-0.2, -0.15) is 0 Å². The van der Waals surface area contributed by atoms with Crippen LogP contribution in [0.1, 0.15) is 394 Å². The monoisotopic (exact) mass is 1510 g/mol. The van der Waals surface area contributed by atoms with Crippen LogP contribution in [0.4, 0.5) is 0 Å². The Labute approximate surface area is 689 Å². The summed E-state index contributed by atoms with van der Waals surface area (Å²) in [6, 6.07) is 66.3. The molecule has 0 radical (unpaired) electrons. The lowest BCUT2D eigenvalue weighted by Crippen LogP contribution is -2.45. The lowest BCUT2D eigenvalue weighted by atomic mass is 9.54. The lowest BCUT2D eigenvalue weighted by Gasteiger charge is -2.49. The third kappa shape index (κ3) is 16.6. The molecule has 0 bridgehead atoms. The number of aromatic nitrogens is 1. The van der Waals surface area contributed by atoms with Crippen LogP contribution in [0.25, 0.3) is 87.9 Å². The molecule has 0 saturated heterocycles. The molecule has 12 rings (SSSR count). The van der Waals surface area contributed by atoms with E-state index < -0.39 is 0 Å². The Balaban J connectivity index is 1.01. The average Bonchev–Trinajstić information content (AvgIpc) is 1.67. The van der Waals surface area contributed by atoms with Crippen molar-refractivity contribution in [3.05, 3.63) is 202 Å². The van der Waals surface area contributed by atoms with Crippen LogP contribution in [0.15, 0.2) is 158 Å². The quantitative estimate of drug-likeness (QED) is 0.0265. The molecule has 0 N–H and O–H groups in total. The second-order valence-corrected chi connectivity index (χ2v) is 40.0. The molecule has 10 aromatic rings. The summed E-state index contributed by atoms with van der Waals surface area (Å²) in [4.78, 5) is 0. The fourth-order valence-corrected chi connectivity index (χ4v) is 21.8. The van der Waals surface area contributed by atoms with Crippen LogP contribution in [0.2, 0.25) is 0 Å². The number of unbranched alkanes of at least 4 members (excludes halogenated alkanes) is 23. The minimum absolute atomic E-state index is 0.00165. The van der Waals surface area contributed by atoms with Crippen molar-refractivity contribution in [1.29, 1.82) is 0 Å². The summed E-state index contributed by atoms with van der Waals surface area (Å²) >= 11 is 0. The second kappa shape index (κ2) is 36.4. The molecule has 606 valence electrons. The molecule has 113 heavy (non-hydrogen) atoms. The number of hydrogen-bond acceptors (Lipinski definition) is 0. The number of fused-ring (bicyclic) bond motifs is 11. The highest BCUT2D eigenvalue weighted by atomic mass is 15.0. The van der Waals surface area contributed by atoms with Gasteiger partial charge in [-0.1, -0.05) is 438 Å². The second-order valence-electron chi connectivity index (χ2n) is 40.0. The van der Waals surface area contributed by atoms with Gasteiger partial charge in [0, 0.05) is 44.6 Å². The van der Waals surface area contributed by atoms with E-state index in [9.17, 15) is 0 Å². The normalized spacial score (nSPS) is 14.3. The fraction of sp³-hybridized carbons (Fsp3) is 0.554. The van der Waals surface area contributed by atoms with Crippen molar-refractivity contribution in [2.75, 3.05) is 0 Å². The zero-order valence-electron chi connectivity index (χ0n) is 75.2. The van der Waals surface area contributed by atoms with E-state index in [4.69, 9.17) is 0 Å². The Morgan fingerprint density at radius 1 is 0.265 bits per heavy atom. The molecule has 0 spiro atoms. The maximum absolute atomic E-state index is 2.85. The zero-order valence-corrected chi connectivity index (χ0v) is 75.2. The smallest absolute Gasteiger partial charge is 0.0497 e. The van der Waals surface area contributed by atoms with Gasteiger partial charge < -0.3 is 4.57 Å². The molecule has 0 aliphatic heterocycles. The summed E-state index contributed by atoms with van der Waals surface area (Å²) in [6.45, 7) is 47.8. The first-order valence-electron chi connectivity index (χ1n) is 46.9. The SMILES string of the molecule is CCCCCCCCC1(CCCCCCCC)c2cc(-c3c4ccccc4c(C(CC)(CC)C(C)(C)c4ccc5c(c4)C(CCCCCCCC)(CCCCCCCC)c4cc(-c6ccc7c8ccc(C(C)(C)C(C)(C)C)cc8n(CCCCCC)c7c6)ccc4-5)c4ccccc34)ccc2-c2ccc(C(C)(C)C(C)(C)C)cc21. The number of rotatable bonds is 42. The molecule has 0 amide bonds. The standard InChI is InChI=1S/C112H153N/c1-20-27-32-37-41-49-70-110(71-50-42-38-33-28-21-2)97-75-81(82-59-66-91-92-69-63-86(108(16,17)106(11,12)13)80-102(92)113(101(91)77-82)74-53-36-31-24-5)58-64-87(97)90-68-62-85(79-100(90)110)109(18,19)112(25-6,26-7)104-95-56-47-45-54-93(95)103(94-55-46-48-57-96(94)104)83-60-65-88-89-67-61-84(107(14,15)105(8,9)10)78-99(89)111(98(88)76-83,72-51-43-39-34-29-22-3)73-52-44-40-35-30-23-4/h45-48,54-69,75-80H,20-44,49-53,70-74H2,1-19H3. The molecule has 1 nitrogen and oxygen atoms in total. The van der Waals surface area contributed by atoms with Gasteiger partial charge in [0.1, 0.15) is 0 Å². The van der Waals surface area contributed by atoms with E-state index in [1.807, 2.05) is 0 Å². The molecular formula is C112H153N. The molecule has 2 aliphatic rings. The number of nitrogens with zero attached hydrogens (tertiary/aromatic N) is 1. The highest BCUT2D eigenvalue weighted by molar-refractivity contribution is 6.16. The molecule has 0 saturated carbocycles. The third-order valence-electron chi connectivity index (χ3n) is 31.0. The first kappa shape index (κ1) is 85.7. The molecule has 0 fully saturated rings. The summed E-state index contributed by atoms with van der Waals surface area (Å²) in [5.74, 6) is 0. The lowest BCUT2D eigenvalue weighted by molar-refractivity contribution is 0.225. The van der Waals surface area contributed by atoms with Crippen molar-refractivity contribution in [1.82, 2.24) is 4.57 Å². The van der Waals surface area contributed by atoms with Gasteiger partial charge in [0.25, 0.3) is 0 Å². The Morgan fingerprint density at radius 2 is 0.575 bits per heavy atom. The molecule has 2 aliphatic carbocycles. The van der Waals surface area contributed by atoms with Crippen molar-refractivity contribution in [2.24, 2.45) is 10.8 Å². The molecule has 1 heterocycles. The van der Waals surface area contributed by atoms with E-state index in [0.717, 1.165) is 19.4 Å². The van der Waals surface area contributed by atoms with E-state index in [0.29, 0.717) is 0 Å². The molecular weight excluding hydrogens is 1360 g/mol. The van der Waals surface area contributed by atoms with Crippen molar-refractivity contribution < 1.29 is 0 Å². The van der Waals surface area contributed by atoms with Crippen molar-refractivity contribution in [3.63, 3.8) is 0 Å². The summed E-state index contributed by atoms with van der Waals surface area (Å²) < 4.78 is 2.72. The first-order valence-corrected chi connectivity index (χ1v) is 46.9. The van der Waals surface area contributed by atoms with Crippen molar-refractivity contribution in [2.45, 2.75) is 389 Å². The topological polar surface area (TPSA) is 4.93 Å². The van der Waals surface area contributed by atoms with Crippen LogP contribution in [-0.2, 0) is 39.0 Å². The van der Waals surface area contributed by atoms with Gasteiger partial charge in [-0.05, 0) is 207 Å². The van der Waals surface area contributed by atoms with E-state index >= 15 is 0 Å². The highest BCUT2D eigenvalue weighted by Crippen LogP contribution is 2.62. The van der Waals surface area contributed by atoms with Crippen LogP contribution >= 0.6 is 0 Å². The molecule has 1 heteroatoms. The molecule has 0 atom stereocenters. The van der Waals surface area contributed by atoms with Crippen molar-refractivity contribution in [3.8, 4) is 44.5 Å². The number of benzene rings is 9. The minimum atomic E-state index is -0.273. The molecule has 0 unspecified atom stereocenters. The summed E-state index contributed by atoms with van der Waals surface area (Å²) in [6.07, 6.45) is 43.2. The number of hydrogen-bond donors (Lipinski definition) is 0. The maximum atomic E-state index is 2.85. The zero-order chi connectivity index (χ0) is 80.6. The Hall–Kier alpha value is -6.70. The van der Waals surface area contributed by atoms with Gasteiger partial charge in [0.05, 0.1) is 0 Å². The van der Waals surface area contributed by atoms with Gasteiger partial charge in [-0.25, -0.2) is 0 Å². The van der Waals surface area contributed by atoms with E-state index in [-0.39, 0.29) is 43.3 Å². The van der Waals surface area contributed by atoms with Crippen LogP contribution in [0, 0.1) is 10.8 Å².